The van der Waals surface area contributed by atoms with Gasteiger partial charge in [0.25, 0.3) is 0 Å². The summed E-state index contributed by atoms with van der Waals surface area (Å²) in [5.74, 6) is 0.170. The molecule has 1 atom stereocenters. The minimum atomic E-state index is -5.17. The van der Waals surface area contributed by atoms with Gasteiger partial charge in [0.1, 0.15) is 0 Å². The molecule has 0 aliphatic carbocycles. The number of nitrogens with one attached hydrogen (secondary N) is 1. The van der Waals surface area contributed by atoms with Gasteiger partial charge < -0.3 is 19.9 Å². The van der Waals surface area contributed by atoms with Crippen molar-refractivity contribution in [1.82, 2.24) is 4.90 Å². The van der Waals surface area contributed by atoms with Crippen molar-refractivity contribution in [2.24, 2.45) is 0 Å². The van der Waals surface area contributed by atoms with Crippen LogP contribution < -0.4 is 5.32 Å². The minimum absolute atomic E-state index is 0. The van der Waals surface area contributed by atoms with Gasteiger partial charge in [0.15, 0.2) is 0 Å². The molecule has 1 saturated heterocycles. The fourth-order valence-electron chi connectivity index (χ4n) is 3.13. The summed E-state index contributed by atoms with van der Waals surface area (Å²) in [4.78, 5) is 15.1. The van der Waals surface area contributed by atoms with Crippen LogP contribution in [0.5, 0.6) is 0 Å². The van der Waals surface area contributed by atoms with E-state index in [4.69, 9.17) is 17.5 Å². The van der Waals surface area contributed by atoms with Crippen LogP contribution in [0.25, 0.3) is 0 Å². The number of amides is 1. The smallest absolute Gasteiger partial charge is 0.759 e. The SMILES string of the molecule is CCCCN1CCCCC1C(=O)Nc1c(C)cccc1C.Cl.O.O=S(=O)([O-])[O-].[Ca+2]. The van der Waals surface area contributed by atoms with Crippen molar-refractivity contribution >= 4 is 72.1 Å². The molecular formula is C18H31CaClN2O6S. The van der Waals surface area contributed by atoms with Crippen LogP contribution in [0.3, 0.4) is 0 Å². The Morgan fingerprint density at radius 2 is 1.72 bits per heavy atom. The number of carbonyl (C=O) groups excluding carboxylic acids is 1. The maximum absolute atomic E-state index is 12.7. The van der Waals surface area contributed by atoms with Gasteiger partial charge in [-0.25, -0.2) is 0 Å². The summed E-state index contributed by atoms with van der Waals surface area (Å²) in [7, 11) is -5.17. The fourth-order valence-corrected chi connectivity index (χ4v) is 3.13. The number of anilines is 1. The Hall–Kier alpha value is 0.0297. The molecule has 1 amide bonds. The molecule has 0 aromatic heterocycles. The van der Waals surface area contributed by atoms with Crippen molar-refractivity contribution in [3.63, 3.8) is 0 Å². The molecule has 3 N–H and O–H groups in total. The molecule has 0 bridgehead atoms. The molecule has 1 aliphatic heterocycles. The van der Waals surface area contributed by atoms with Crippen molar-refractivity contribution in [1.29, 1.82) is 0 Å². The second kappa shape index (κ2) is 16.7. The van der Waals surface area contributed by atoms with Crippen LogP contribution in [0.4, 0.5) is 5.69 Å². The number of hydrogen-bond acceptors (Lipinski definition) is 6. The molecule has 29 heavy (non-hydrogen) atoms. The molecule has 1 aromatic rings. The third kappa shape index (κ3) is 13.9. The van der Waals surface area contributed by atoms with Gasteiger partial charge in [0.05, 0.1) is 6.04 Å². The van der Waals surface area contributed by atoms with Gasteiger partial charge in [-0.2, -0.15) is 0 Å². The Kier molecular flexibility index (Phi) is 19.4. The van der Waals surface area contributed by atoms with Gasteiger partial charge in [-0.05, 0) is 57.3 Å². The average Bonchev–Trinajstić information content (AvgIpc) is 2.55. The van der Waals surface area contributed by atoms with E-state index in [1.54, 1.807) is 0 Å². The first-order chi connectivity index (χ1) is 12.1. The molecule has 1 heterocycles. The zero-order chi connectivity index (χ0) is 19.7. The first-order valence-electron chi connectivity index (χ1n) is 8.91. The number of para-hydroxylation sites is 1. The van der Waals surface area contributed by atoms with E-state index in [0.717, 1.165) is 42.7 Å². The van der Waals surface area contributed by atoms with Crippen molar-refractivity contribution < 1.29 is 27.8 Å². The Bertz CT molecular complexity index is 677. The third-order valence-corrected chi connectivity index (χ3v) is 4.44. The van der Waals surface area contributed by atoms with E-state index in [1.807, 2.05) is 6.07 Å². The van der Waals surface area contributed by atoms with E-state index >= 15 is 0 Å². The summed E-state index contributed by atoms with van der Waals surface area (Å²) < 4.78 is 34.1. The van der Waals surface area contributed by atoms with Crippen LogP contribution in [0.2, 0.25) is 0 Å². The first kappa shape index (κ1) is 33.7. The summed E-state index contributed by atoms with van der Waals surface area (Å²) in [6.07, 6.45) is 5.72. The Morgan fingerprint density at radius 3 is 2.21 bits per heavy atom. The molecule has 1 aliphatic rings. The van der Waals surface area contributed by atoms with E-state index in [1.165, 1.54) is 19.3 Å². The maximum Gasteiger partial charge on any atom is 2.00 e. The molecule has 8 nitrogen and oxygen atoms in total. The van der Waals surface area contributed by atoms with Crippen LogP contribution in [0.1, 0.15) is 50.2 Å². The average molecular weight is 479 g/mol. The molecule has 1 unspecified atom stereocenters. The summed E-state index contributed by atoms with van der Waals surface area (Å²) in [6, 6.07) is 6.19. The second-order valence-electron chi connectivity index (χ2n) is 6.57. The number of halogens is 1. The molecule has 1 fully saturated rings. The van der Waals surface area contributed by atoms with Crippen LogP contribution in [-0.4, -0.2) is 90.7 Å². The molecule has 0 saturated carbocycles. The largest absolute Gasteiger partial charge is 2.00 e. The monoisotopic (exact) mass is 478 g/mol. The van der Waals surface area contributed by atoms with Gasteiger partial charge in [-0.1, -0.05) is 38.0 Å². The number of aryl methyl sites for hydroxylation is 2. The Labute approximate surface area is 210 Å². The topological polar surface area (TPSA) is 144 Å². The number of piperidine rings is 1. The van der Waals surface area contributed by atoms with Gasteiger partial charge in [0, 0.05) is 16.1 Å². The molecule has 0 radical (unpaired) electrons. The number of unbranched alkanes of at least 4 members (excludes halogenated alkanes) is 1. The number of rotatable bonds is 5. The van der Waals surface area contributed by atoms with E-state index in [2.05, 4.69) is 43.1 Å². The Morgan fingerprint density at radius 1 is 1.21 bits per heavy atom. The van der Waals surface area contributed by atoms with Crippen molar-refractivity contribution in [3.05, 3.63) is 29.3 Å². The van der Waals surface area contributed by atoms with Gasteiger partial charge in [-0.15, -0.1) is 12.4 Å². The van der Waals surface area contributed by atoms with Crippen LogP contribution in [0, 0.1) is 13.8 Å². The molecular weight excluding hydrogens is 448 g/mol. The third-order valence-electron chi connectivity index (χ3n) is 4.44. The Balaban J connectivity index is -0.000000758. The fraction of sp³-hybridized carbons (Fsp3) is 0.611. The molecule has 0 spiro atoms. The summed E-state index contributed by atoms with van der Waals surface area (Å²) >= 11 is 0. The number of likely N-dealkylation sites (tertiary alicyclic amines) is 1. The van der Waals surface area contributed by atoms with Crippen LogP contribution >= 0.6 is 12.4 Å². The van der Waals surface area contributed by atoms with Crippen molar-refractivity contribution in [2.45, 2.75) is 58.9 Å². The molecule has 2 rings (SSSR count). The molecule has 11 heteroatoms. The first-order valence-corrected chi connectivity index (χ1v) is 10.2. The number of benzene rings is 1. The van der Waals surface area contributed by atoms with Gasteiger partial charge in [-0.3, -0.25) is 18.1 Å². The predicted octanol–water partition coefficient (Wildman–Crippen LogP) is 1.77. The van der Waals surface area contributed by atoms with Gasteiger partial charge >= 0.3 is 37.7 Å². The predicted molar refractivity (Wildman–Crippen MR) is 116 cm³/mol. The summed E-state index contributed by atoms with van der Waals surface area (Å²) in [5.41, 5.74) is 3.27. The number of nitrogens with zero attached hydrogens (tertiary/aromatic N) is 1. The molecule has 164 valence electrons. The molecule has 1 aromatic carbocycles. The normalized spacial score (nSPS) is 16.1. The van der Waals surface area contributed by atoms with E-state index in [-0.39, 0.29) is 67.6 Å². The van der Waals surface area contributed by atoms with E-state index in [9.17, 15) is 4.79 Å². The van der Waals surface area contributed by atoms with E-state index in [0.29, 0.717) is 0 Å². The van der Waals surface area contributed by atoms with Gasteiger partial charge in [0.2, 0.25) is 5.91 Å². The summed E-state index contributed by atoms with van der Waals surface area (Å²) in [6.45, 7) is 8.42. The summed E-state index contributed by atoms with van der Waals surface area (Å²) in [5, 5.41) is 3.17. The van der Waals surface area contributed by atoms with Crippen LogP contribution in [-0.2, 0) is 15.2 Å². The van der Waals surface area contributed by atoms with Crippen molar-refractivity contribution in [2.75, 3.05) is 18.4 Å². The number of carbonyl (C=O) groups is 1. The van der Waals surface area contributed by atoms with Crippen molar-refractivity contribution in [3.8, 4) is 0 Å². The number of hydrogen-bond donors (Lipinski definition) is 1. The zero-order valence-corrected chi connectivity index (χ0v) is 21.1. The maximum atomic E-state index is 12.7. The van der Waals surface area contributed by atoms with E-state index < -0.39 is 10.4 Å². The van der Waals surface area contributed by atoms with Crippen LogP contribution in [0.15, 0.2) is 18.2 Å². The zero-order valence-electron chi connectivity index (χ0n) is 17.3. The minimum Gasteiger partial charge on any atom is -0.759 e. The second-order valence-corrected chi connectivity index (χ2v) is 7.38. The quantitative estimate of drug-likeness (QED) is 0.388. The standard InChI is InChI=1S/C18H28N2O.Ca.ClH.H2O4S.H2O/c1-4-5-12-20-13-7-6-11-16(20)18(21)19-17-14(2)9-8-10-15(17)3;;;1-5(2,3)4;/h8-10,16H,4-7,11-13H2,1-3H3,(H,19,21);;1H;(H2,1,2,3,4);1H2/q;+2;;;/p-2.